The third-order valence-corrected chi connectivity index (χ3v) is 5.79. The molecule has 0 aromatic heterocycles. The van der Waals surface area contributed by atoms with Crippen molar-refractivity contribution in [3.8, 4) is 5.75 Å². The van der Waals surface area contributed by atoms with E-state index in [2.05, 4.69) is 4.72 Å². The van der Waals surface area contributed by atoms with Gasteiger partial charge in [-0.05, 0) is 67.6 Å². The van der Waals surface area contributed by atoms with Gasteiger partial charge in [0, 0.05) is 18.4 Å². The van der Waals surface area contributed by atoms with E-state index in [1.165, 1.54) is 53.4 Å². The lowest BCUT2D eigenvalue weighted by Gasteiger charge is -2.17. The minimum absolute atomic E-state index is 0.0742. The van der Waals surface area contributed by atoms with Crippen molar-refractivity contribution in [2.45, 2.75) is 11.8 Å². The molecule has 0 aliphatic heterocycles. The molecule has 1 N–H and O–H groups in total. The lowest BCUT2D eigenvalue weighted by atomic mass is 10.2. The maximum Gasteiger partial charge on any atom is 0.264 e. The van der Waals surface area contributed by atoms with E-state index < -0.39 is 10.0 Å². The highest BCUT2D eigenvalue weighted by molar-refractivity contribution is 7.92. The quantitative estimate of drug-likeness (QED) is 0.618. The van der Waals surface area contributed by atoms with E-state index in [1.54, 1.807) is 19.2 Å². The number of nitrogens with one attached hydrogen (secondary N) is 1. The van der Waals surface area contributed by atoms with Crippen molar-refractivity contribution < 1.29 is 22.3 Å². The van der Waals surface area contributed by atoms with Crippen molar-refractivity contribution >= 4 is 27.3 Å². The number of amides is 1. The van der Waals surface area contributed by atoms with E-state index in [0.717, 1.165) is 5.56 Å². The van der Waals surface area contributed by atoms with E-state index >= 15 is 0 Å². The number of carbonyl (C=O) groups excluding carboxylic acids is 1. The lowest BCUT2D eigenvalue weighted by molar-refractivity contribution is -0.120. The number of nitrogens with zero attached hydrogens (tertiary/aromatic N) is 1. The molecule has 1 amide bonds. The van der Waals surface area contributed by atoms with Crippen molar-refractivity contribution in [3.63, 3.8) is 0 Å². The lowest BCUT2D eigenvalue weighted by Crippen LogP contribution is -2.31. The first-order valence-corrected chi connectivity index (χ1v) is 10.6. The topological polar surface area (TPSA) is 75.7 Å². The number of likely N-dealkylation sites (N-methyl/N-ethyl adjacent to an activating group) is 1. The van der Waals surface area contributed by atoms with Gasteiger partial charge in [0.05, 0.1) is 4.90 Å². The number of benzene rings is 3. The van der Waals surface area contributed by atoms with Crippen molar-refractivity contribution in [1.29, 1.82) is 0 Å². The molecule has 156 valence electrons. The van der Waals surface area contributed by atoms with Gasteiger partial charge in [-0.1, -0.05) is 17.7 Å². The van der Waals surface area contributed by atoms with Crippen LogP contribution in [-0.4, -0.2) is 28.0 Å². The third-order valence-electron chi connectivity index (χ3n) is 4.39. The largest absolute Gasteiger partial charge is 0.484 e. The Bertz CT molecular complexity index is 1110. The predicted molar refractivity (Wildman–Crippen MR) is 114 cm³/mol. The molecule has 3 aromatic carbocycles. The summed E-state index contributed by atoms with van der Waals surface area (Å²) < 4.78 is 46.0. The summed E-state index contributed by atoms with van der Waals surface area (Å²) >= 11 is 0. The molecule has 0 saturated heterocycles. The normalized spacial score (nSPS) is 11.0. The Morgan fingerprint density at radius 1 is 0.967 bits per heavy atom. The molecule has 0 bridgehead atoms. The zero-order valence-corrected chi connectivity index (χ0v) is 17.3. The van der Waals surface area contributed by atoms with Crippen LogP contribution >= 0.6 is 0 Å². The number of sulfonamides is 1. The SMILES string of the molecule is Cc1ccc(NS(=O)(=O)c2ccc(OCC(=O)N(C)c3ccc(F)cc3)cc2)cc1. The van der Waals surface area contributed by atoms with Crippen LogP contribution in [0.5, 0.6) is 5.75 Å². The second-order valence-corrected chi connectivity index (χ2v) is 8.34. The highest BCUT2D eigenvalue weighted by Crippen LogP contribution is 2.20. The Kier molecular flexibility index (Phi) is 6.37. The first-order chi connectivity index (χ1) is 14.2. The Labute approximate surface area is 175 Å². The summed E-state index contributed by atoms with van der Waals surface area (Å²) in [5.41, 5.74) is 2.03. The summed E-state index contributed by atoms with van der Waals surface area (Å²) in [4.78, 5) is 13.7. The molecule has 0 unspecified atom stereocenters. The number of aryl methyl sites for hydroxylation is 1. The smallest absolute Gasteiger partial charge is 0.264 e. The van der Waals surface area contributed by atoms with Gasteiger partial charge >= 0.3 is 0 Å². The molecule has 0 heterocycles. The summed E-state index contributed by atoms with van der Waals surface area (Å²) in [5, 5.41) is 0. The van der Waals surface area contributed by atoms with Crippen molar-refractivity contribution in [2.24, 2.45) is 0 Å². The van der Waals surface area contributed by atoms with E-state index in [-0.39, 0.29) is 23.2 Å². The maximum atomic E-state index is 13.0. The second kappa shape index (κ2) is 8.96. The number of hydrogen-bond acceptors (Lipinski definition) is 4. The van der Waals surface area contributed by atoms with Gasteiger partial charge in [0.2, 0.25) is 0 Å². The van der Waals surface area contributed by atoms with E-state index in [9.17, 15) is 17.6 Å². The van der Waals surface area contributed by atoms with Gasteiger partial charge < -0.3 is 9.64 Å². The van der Waals surface area contributed by atoms with Gasteiger partial charge in [0.1, 0.15) is 11.6 Å². The van der Waals surface area contributed by atoms with Crippen LogP contribution in [-0.2, 0) is 14.8 Å². The van der Waals surface area contributed by atoms with Crippen molar-refractivity contribution in [2.75, 3.05) is 23.3 Å². The molecule has 8 heteroatoms. The second-order valence-electron chi connectivity index (χ2n) is 6.66. The van der Waals surface area contributed by atoms with Gasteiger partial charge in [-0.15, -0.1) is 0 Å². The molecule has 0 saturated carbocycles. The van der Waals surface area contributed by atoms with Gasteiger partial charge in [-0.25, -0.2) is 12.8 Å². The van der Waals surface area contributed by atoms with Crippen molar-refractivity contribution in [1.82, 2.24) is 0 Å². The number of carbonyl (C=O) groups is 1. The van der Waals surface area contributed by atoms with Gasteiger partial charge in [0.25, 0.3) is 15.9 Å². The van der Waals surface area contributed by atoms with Crippen LogP contribution in [0, 0.1) is 12.7 Å². The van der Waals surface area contributed by atoms with E-state index in [4.69, 9.17) is 4.74 Å². The van der Waals surface area contributed by atoms with Gasteiger partial charge in [-0.2, -0.15) is 0 Å². The van der Waals surface area contributed by atoms with Crippen LogP contribution in [0.2, 0.25) is 0 Å². The summed E-state index contributed by atoms with van der Waals surface area (Å²) in [5.74, 6) is -0.368. The fourth-order valence-corrected chi connectivity index (χ4v) is 3.66. The number of rotatable bonds is 7. The zero-order valence-electron chi connectivity index (χ0n) is 16.5. The predicted octanol–water partition coefficient (Wildman–Crippen LogP) is 3.98. The Morgan fingerprint density at radius 2 is 1.57 bits per heavy atom. The fraction of sp³-hybridized carbons (Fsp3) is 0.136. The molecule has 30 heavy (non-hydrogen) atoms. The standard InChI is InChI=1S/C22H21FN2O4S/c1-16-3-7-18(8-4-16)24-30(27,28)21-13-11-20(12-14-21)29-15-22(26)25(2)19-9-5-17(23)6-10-19/h3-14,24H,15H2,1-2H3. The zero-order chi connectivity index (χ0) is 21.7. The first-order valence-electron chi connectivity index (χ1n) is 9.09. The van der Waals surface area contributed by atoms with Crippen LogP contribution in [0.25, 0.3) is 0 Å². The number of ether oxygens (including phenoxy) is 1. The summed E-state index contributed by atoms with van der Waals surface area (Å²) in [7, 11) is -2.18. The average molecular weight is 428 g/mol. The van der Waals surface area contributed by atoms with Gasteiger partial charge in [0.15, 0.2) is 6.61 Å². The third kappa shape index (κ3) is 5.36. The Balaban J connectivity index is 1.60. The van der Waals surface area contributed by atoms with Crippen LogP contribution in [0.1, 0.15) is 5.56 Å². The molecular weight excluding hydrogens is 407 g/mol. The molecule has 0 fully saturated rings. The fourth-order valence-electron chi connectivity index (χ4n) is 2.60. The van der Waals surface area contributed by atoms with Crippen LogP contribution in [0.4, 0.5) is 15.8 Å². The van der Waals surface area contributed by atoms with E-state index in [1.807, 2.05) is 19.1 Å². The minimum atomic E-state index is -3.74. The molecule has 0 aliphatic carbocycles. The summed E-state index contributed by atoms with van der Waals surface area (Å²) in [6.07, 6.45) is 0. The molecule has 0 aliphatic rings. The maximum absolute atomic E-state index is 13.0. The molecule has 0 radical (unpaired) electrons. The van der Waals surface area contributed by atoms with Crippen LogP contribution in [0.15, 0.2) is 77.7 Å². The Morgan fingerprint density at radius 3 is 2.17 bits per heavy atom. The highest BCUT2D eigenvalue weighted by atomic mass is 32.2. The monoisotopic (exact) mass is 428 g/mol. The van der Waals surface area contributed by atoms with E-state index in [0.29, 0.717) is 17.1 Å². The number of halogens is 1. The average Bonchev–Trinajstić information content (AvgIpc) is 2.74. The highest BCUT2D eigenvalue weighted by Gasteiger charge is 2.15. The summed E-state index contributed by atoms with van der Waals surface area (Å²) in [6, 6.07) is 18.3. The number of hydrogen-bond donors (Lipinski definition) is 1. The van der Waals surface area contributed by atoms with Crippen LogP contribution < -0.4 is 14.4 Å². The molecule has 0 spiro atoms. The summed E-state index contributed by atoms with van der Waals surface area (Å²) in [6.45, 7) is 1.67. The minimum Gasteiger partial charge on any atom is -0.484 e. The Hall–Kier alpha value is -3.39. The van der Waals surface area contributed by atoms with Crippen LogP contribution in [0.3, 0.4) is 0 Å². The molecule has 3 rings (SSSR count). The van der Waals surface area contributed by atoms with Gasteiger partial charge in [-0.3, -0.25) is 9.52 Å². The first kappa shape index (κ1) is 21.3. The number of anilines is 2. The molecule has 6 nitrogen and oxygen atoms in total. The molecular formula is C22H21FN2O4S. The molecule has 0 atom stereocenters. The van der Waals surface area contributed by atoms with Crippen molar-refractivity contribution in [3.05, 3.63) is 84.2 Å². The molecule has 3 aromatic rings.